The molecule has 0 amide bonds. The fraction of sp³-hybridized carbons (Fsp3) is 0.200. The molecule has 23 heavy (non-hydrogen) atoms. The zero-order valence-electron chi connectivity index (χ0n) is 12.0. The zero-order valence-corrected chi connectivity index (χ0v) is 13.6. The molecule has 0 aliphatic carbocycles. The van der Waals surface area contributed by atoms with E-state index in [9.17, 15) is 9.59 Å². The number of nitrogens with one attached hydrogen (secondary N) is 2. The second-order valence-electron chi connectivity index (χ2n) is 5.11. The summed E-state index contributed by atoms with van der Waals surface area (Å²) in [5.74, 6) is 2.51. The first kappa shape index (κ1) is 14.5. The third kappa shape index (κ3) is 2.79. The highest BCUT2D eigenvalue weighted by Crippen LogP contribution is 2.27. The molecule has 0 fully saturated rings. The molecule has 0 unspecified atom stereocenters. The van der Waals surface area contributed by atoms with E-state index in [1.54, 1.807) is 17.8 Å². The largest absolute Gasteiger partial charge is 0.309 e. The number of fused-ring (bicyclic) bond motifs is 2. The molecule has 6 nitrogen and oxygen atoms in total. The number of hydrogen-bond acceptors (Lipinski definition) is 6. The fourth-order valence-electron chi connectivity index (χ4n) is 2.45. The van der Waals surface area contributed by atoms with Crippen LogP contribution in [0.4, 0.5) is 0 Å². The summed E-state index contributed by atoms with van der Waals surface area (Å²) in [6.07, 6.45) is 0. The molecular weight excluding hydrogens is 332 g/mol. The molecule has 1 aromatic carbocycles. The summed E-state index contributed by atoms with van der Waals surface area (Å²) in [4.78, 5) is 38.5. The summed E-state index contributed by atoms with van der Waals surface area (Å²) in [6, 6.07) is 7.22. The summed E-state index contributed by atoms with van der Waals surface area (Å²) in [6.45, 7) is 0. The first-order valence-electron chi connectivity index (χ1n) is 7.01. The van der Waals surface area contributed by atoms with E-state index in [0.29, 0.717) is 27.6 Å². The summed E-state index contributed by atoms with van der Waals surface area (Å²) < 4.78 is 0. The normalized spacial score (nSPS) is 13.4. The van der Waals surface area contributed by atoms with Gasteiger partial charge in [0.2, 0.25) is 0 Å². The van der Waals surface area contributed by atoms with E-state index >= 15 is 0 Å². The van der Waals surface area contributed by atoms with Crippen molar-refractivity contribution < 1.29 is 0 Å². The molecule has 0 spiro atoms. The van der Waals surface area contributed by atoms with Gasteiger partial charge in [-0.3, -0.25) is 9.59 Å². The zero-order chi connectivity index (χ0) is 15.8. The van der Waals surface area contributed by atoms with Crippen LogP contribution in [-0.2, 0) is 17.3 Å². The molecule has 3 heterocycles. The lowest BCUT2D eigenvalue weighted by Gasteiger charge is -2.04. The van der Waals surface area contributed by atoms with Crippen molar-refractivity contribution in [2.75, 3.05) is 0 Å². The molecule has 0 atom stereocenters. The topological polar surface area (TPSA) is 91.5 Å². The van der Waals surface area contributed by atoms with Crippen molar-refractivity contribution in [3.8, 4) is 0 Å². The van der Waals surface area contributed by atoms with Crippen molar-refractivity contribution >= 4 is 34.4 Å². The summed E-state index contributed by atoms with van der Waals surface area (Å²) in [5.41, 5.74) is 2.08. The van der Waals surface area contributed by atoms with Crippen LogP contribution in [0.1, 0.15) is 17.1 Å². The van der Waals surface area contributed by atoms with Crippen LogP contribution in [-0.4, -0.2) is 19.9 Å². The monoisotopic (exact) mass is 344 g/mol. The van der Waals surface area contributed by atoms with E-state index in [-0.39, 0.29) is 11.1 Å². The number of H-pyrrole nitrogens is 2. The molecule has 0 bridgehead atoms. The van der Waals surface area contributed by atoms with Crippen molar-refractivity contribution in [2.24, 2.45) is 0 Å². The lowest BCUT2D eigenvalue weighted by atomic mass is 10.2. The minimum absolute atomic E-state index is 0.0672. The summed E-state index contributed by atoms with van der Waals surface area (Å²) in [7, 11) is 0. The molecular formula is C15H12N4O2S2. The van der Waals surface area contributed by atoms with E-state index in [4.69, 9.17) is 0 Å². The second kappa shape index (κ2) is 5.86. The quantitative estimate of drug-likeness (QED) is 0.558. The van der Waals surface area contributed by atoms with E-state index < -0.39 is 0 Å². The molecule has 4 rings (SSSR count). The summed E-state index contributed by atoms with van der Waals surface area (Å²) in [5, 5.41) is 1.13. The van der Waals surface area contributed by atoms with Crippen LogP contribution in [0, 0.1) is 0 Å². The molecule has 3 aromatic rings. The Morgan fingerprint density at radius 3 is 2.87 bits per heavy atom. The highest BCUT2D eigenvalue weighted by atomic mass is 32.2. The first-order chi connectivity index (χ1) is 11.2. The maximum Gasteiger partial charge on any atom is 0.258 e. The Morgan fingerprint density at radius 2 is 1.96 bits per heavy atom. The molecule has 0 saturated carbocycles. The number of thioether (sulfide) groups is 2. The van der Waals surface area contributed by atoms with E-state index in [2.05, 4.69) is 19.9 Å². The third-order valence-electron chi connectivity index (χ3n) is 3.57. The van der Waals surface area contributed by atoms with Gasteiger partial charge < -0.3 is 9.97 Å². The Balaban J connectivity index is 1.61. The Kier molecular flexibility index (Phi) is 3.70. The number of aromatic amines is 2. The van der Waals surface area contributed by atoms with Crippen LogP contribution in [0.3, 0.4) is 0 Å². The van der Waals surface area contributed by atoms with Gasteiger partial charge in [0.15, 0.2) is 5.16 Å². The number of aromatic nitrogens is 4. The Labute approximate surface area is 139 Å². The van der Waals surface area contributed by atoms with Crippen molar-refractivity contribution in [3.05, 3.63) is 62.1 Å². The molecule has 2 aromatic heterocycles. The molecule has 0 radical (unpaired) electrons. The average Bonchev–Trinajstić information content (AvgIpc) is 3.02. The van der Waals surface area contributed by atoms with Gasteiger partial charge in [-0.15, -0.1) is 0 Å². The number of para-hydroxylation sites is 1. The predicted octanol–water partition coefficient (Wildman–Crippen LogP) is 2.05. The number of benzene rings is 1. The standard InChI is InChI=1S/C15H12N4O2S2/c20-13-8-3-1-2-4-10(8)16-12(18-13)7-23-15-17-11-6-22-5-9(11)14(21)19-15/h1-4H,5-7H2,(H,16,18,20)(H,17,19,21). The first-order valence-corrected chi connectivity index (χ1v) is 9.15. The van der Waals surface area contributed by atoms with Gasteiger partial charge in [-0.05, 0) is 12.1 Å². The van der Waals surface area contributed by atoms with Crippen molar-refractivity contribution in [1.82, 2.24) is 19.9 Å². The van der Waals surface area contributed by atoms with Crippen LogP contribution in [0.15, 0.2) is 39.0 Å². The Morgan fingerprint density at radius 1 is 1.09 bits per heavy atom. The van der Waals surface area contributed by atoms with Gasteiger partial charge in [-0.25, -0.2) is 9.97 Å². The molecule has 1 aliphatic rings. The predicted molar refractivity (Wildman–Crippen MR) is 91.8 cm³/mol. The maximum absolute atomic E-state index is 12.0. The number of rotatable bonds is 3. The van der Waals surface area contributed by atoms with Crippen molar-refractivity contribution in [1.29, 1.82) is 0 Å². The van der Waals surface area contributed by atoms with Crippen LogP contribution in [0.2, 0.25) is 0 Å². The van der Waals surface area contributed by atoms with E-state index in [1.807, 2.05) is 18.2 Å². The second-order valence-corrected chi connectivity index (χ2v) is 7.06. The lowest BCUT2D eigenvalue weighted by molar-refractivity contribution is 0.882. The van der Waals surface area contributed by atoms with Gasteiger partial charge in [0, 0.05) is 17.1 Å². The number of hydrogen-bond donors (Lipinski definition) is 2. The molecule has 2 N–H and O–H groups in total. The van der Waals surface area contributed by atoms with Crippen LogP contribution in [0.25, 0.3) is 10.9 Å². The van der Waals surface area contributed by atoms with Gasteiger partial charge in [-0.1, -0.05) is 23.9 Å². The SMILES string of the molecule is O=c1[nH]c(SCc2nc3ccccc3c(=O)[nH]2)nc2c1CSC2. The highest BCUT2D eigenvalue weighted by Gasteiger charge is 2.17. The number of nitrogens with zero attached hydrogens (tertiary/aromatic N) is 2. The minimum atomic E-state index is -0.155. The minimum Gasteiger partial charge on any atom is -0.309 e. The van der Waals surface area contributed by atoms with Crippen molar-refractivity contribution in [3.63, 3.8) is 0 Å². The van der Waals surface area contributed by atoms with Gasteiger partial charge in [0.25, 0.3) is 11.1 Å². The van der Waals surface area contributed by atoms with E-state index in [0.717, 1.165) is 22.8 Å². The maximum atomic E-state index is 12.0. The fourth-order valence-corrected chi connectivity index (χ4v) is 4.23. The van der Waals surface area contributed by atoms with Gasteiger partial charge >= 0.3 is 0 Å². The molecule has 1 aliphatic heterocycles. The Hall–Kier alpha value is -2.06. The van der Waals surface area contributed by atoms with Crippen LogP contribution >= 0.6 is 23.5 Å². The average molecular weight is 344 g/mol. The van der Waals surface area contributed by atoms with Gasteiger partial charge in [0.05, 0.1) is 22.3 Å². The van der Waals surface area contributed by atoms with Crippen molar-refractivity contribution in [2.45, 2.75) is 22.4 Å². The van der Waals surface area contributed by atoms with Crippen LogP contribution < -0.4 is 11.1 Å². The molecule has 8 heteroatoms. The molecule has 116 valence electrons. The smallest absolute Gasteiger partial charge is 0.258 e. The van der Waals surface area contributed by atoms with Gasteiger partial charge in [-0.2, -0.15) is 11.8 Å². The Bertz CT molecular complexity index is 1010. The highest BCUT2D eigenvalue weighted by molar-refractivity contribution is 7.98. The lowest BCUT2D eigenvalue weighted by Crippen LogP contribution is -2.15. The summed E-state index contributed by atoms with van der Waals surface area (Å²) >= 11 is 3.05. The van der Waals surface area contributed by atoms with Gasteiger partial charge in [0.1, 0.15) is 5.82 Å². The van der Waals surface area contributed by atoms with Crippen LogP contribution in [0.5, 0.6) is 0 Å². The molecule has 0 saturated heterocycles. The van der Waals surface area contributed by atoms with E-state index in [1.165, 1.54) is 11.8 Å². The third-order valence-corrected chi connectivity index (χ3v) is 5.43.